The fraction of sp³-hybridized carbons (Fsp3) is 0.522. The van der Waals surface area contributed by atoms with Gasteiger partial charge in [-0.05, 0) is 30.0 Å². The van der Waals surface area contributed by atoms with Crippen molar-refractivity contribution in [2.75, 3.05) is 44.3 Å². The lowest BCUT2D eigenvalue weighted by molar-refractivity contribution is -0.0911. The smallest absolute Gasteiger partial charge is 0.128 e. The van der Waals surface area contributed by atoms with Crippen LogP contribution in [-0.4, -0.2) is 60.4 Å². The number of aromatic nitrogens is 1. The third-order valence-corrected chi connectivity index (χ3v) is 6.14. The van der Waals surface area contributed by atoms with Crippen LogP contribution in [0.4, 0.5) is 5.82 Å². The van der Waals surface area contributed by atoms with E-state index in [-0.39, 0.29) is 6.04 Å². The fourth-order valence-corrected chi connectivity index (χ4v) is 4.44. The molecule has 0 aliphatic carbocycles. The van der Waals surface area contributed by atoms with Crippen molar-refractivity contribution in [2.45, 2.75) is 37.8 Å². The summed E-state index contributed by atoms with van der Waals surface area (Å²) in [6.45, 7) is 9.06. The molecule has 5 heteroatoms. The molecular formula is C23H31N3O2. The maximum atomic E-state index is 11.8. The summed E-state index contributed by atoms with van der Waals surface area (Å²) in [6, 6.07) is 16.5. The normalized spacial score (nSPS) is 26.6. The third-order valence-electron chi connectivity index (χ3n) is 6.14. The SMILES string of the molecule is CC(C)c1cccc(N2CC[C@](O)(c3ccccc3)[C@H](N3CCOCC3)C2)n1. The van der Waals surface area contributed by atoms with Crippen LogP contribution in [0.15, 0.2) is 48.5 Å². The summed E-state index contributed by atoms with van der Waals surface area (Å²) in [5.74, 6) is 1.42. The van der Waals surface area contributed by atoms with Gasteiger partial charge in [0.15, 0.2) is 0 Å². The number of rotatable bonds is 4. The number of piperidine rings is 1. The van der Waals surface area contributed by atoms with E-state index in [9.17, 15) is 5.11 Å². The largest absolute Gasteiger partial charge is 0.383 e. The molecule has 3 heterocycles. The molecule has 28 heavy (non-hydrogen) atoms. The van der Waals surface area contributed by atoms with Crippen molar-refractivity contribution in [3.8, 4) is 0 Å². The summed E-state index contributed by atoms with van der Waals surface area (Å²) in [5, 5.41) is 11.8. The van der Waals surface area contributed by atoms with E-state index in [1.54, 1.807) is 0 Å². The average molecular weight is 382 g/mol. The van der Waals surface area contributed by atoms with Gasteiger partial charge in [-0.1, -0.05) is 50.2 Å². The molecule has 2 fully saturated rings. The van der Waals surface area contributed by atoms with Crippen LogP contribution in [-0.2, 0) is 10.3 Å². The lowest BCUT2D eigenvalue weighted by atomic mass is 9.79. The van der Waals surface area contributed by atoms with E-state index in [0.29, 0.717) is 12.3 Å². The van der Waals surface area contributed by atoms with E-state index in [4.69, 9.17) is 9.72 Å². The summed E-state index contributed by atoms with van der Waals surface area (Å²) in [5.41, 5.74) is 1.27. The van der Waals surface area contributed by atoms with Gasteiger partial charge in [0.05, 0.1) is 19.3 Å². The van der Waals surface area contributed by atoms with Gasteiger partial charge in [-0.15, -0.1) is 0 Å². The van der Waals surface area contributed by atoms with E-state index in [0.717, 1.165) is 56.5 Å². The first-order chi connectivity index (χ1) is 13.6. The molecule has 2 atom stereocenters. The molecule has 0 radical (unpaired) electrons. The maximum Gasteiger partial charge on any atom is 0.128 e. The van der Waals surface area contributed by atoms with Crippen molar-refractivity contribution in [2.24, 2.45) is 0 Å². The molecular weight excluding hydrogens is 350 g/mol. The van der Waals surface area contributed by atoms with Crippen molar-refractivity contribution >= 4 is 5.82 Å². The Balaban J connectivity index is 1.64. The summed E-state index contributed by atoms with van der Waals surface area (Å²) in [4.78, 5) is 9.63. The standard InChI is InChI=1S/C23H31N3O2/c1-18(2)20-9-6-10-22(24-20)26-12-11-23(27,19-7-4-3-5-8-19)21(17-26)25-13-15-28-16-14-25/h3-10,18,21,27H,11-17H2,1-2H3/t21-,23+/m1/s1. The van der Waals surface area contributed by atoms with Crippen molar-refractivity contribution in [3.05, 3.63) is 59.8 Å². The lowest BCUT2D eigenvalue weighted by Crippen LogP contribution is -2.62. The Morgan fingerprint density at radius 1 is 1.04 bits per heavy atom. The molecule has 0 amide bonds. The maximum absolute atomic E-state index is 11.8. The van der Waals surface area contributed by atoms with Crippen LogP contribution in [0.3, 0.4) is 0 Å². The van der Waals surface area contributed by atoms with Gasteiger partial charge in [0.25, 0.3) is 0 Å². The number of nitrogens with zero attached hydrogens (tertiary/aromatic N) is 3. The number of benzene rings is 1. The molecule has 2 aliphatic heterocycles. The zero-order valence-corrected chi connectivity index (χ0v) is 16.9. The monoisotopic (exact) mass is 381 g/mol. The molecule has 0 spiro atoms. The molecule has 2 aliphatic rings. The molecule has 1 aromatic heterocycles. The Morgan fingerprint density at radius 2 is 1.79 bits per heavy atom. The zero-order chi connectivity index (χ0) is 19.6. The Labute approximate surface area is 168 Å². The Morgan fingerprint density at radius 3 is 2.50 bits per heavy atom. The van der Waals surface area contributed by atoms with Gasteiger partial charge in [-0.25, -0.2) is 4.98 Å². The molecule has 150 valence electrons. The van der Waals surface area contributed by atoms with Gasteiger partial charge >= 0.3 is 0 Å². The Bertz CT molecular complexity index is 776. The minimum absolute atomic E-state index is 0.0112. The summed E-state index contributed by atoms with van der Waals surface area (Å²) in [7, 11) is 0. The van der Waals surface area contributed by atoms with E-state index in [1.807, 2.05) is 18.2 Å². The van der Waals surface area contributed by atoms with Gasteiger partial charge in [0, 0.05) is 31.9 Å². The molecule has 2 aromatic rings. The third kappa shape index (κ3) is 3.79. The molecule has 0 saturated carbocycles. The number of aliphatic hydroxyl groups is 1. The highest BCUT2D eigenvalue weighted by Gasteiger charge is 2.46. The highest BCUT2D eigenvalue weighted by atomic mass is 16.5. The predicted octanol–water partition coefficient (Wildman–Crippen LogP) is 3.00. The van der Waals surface area contributed by atoms with Crippen molar-refractivity contribution in [1.29, 1.82) is 0 Å². The predicted molar refractivity (Wildman–Crippen MR) is 112 cm³/mol. The number of hydrogen-bond donors (Lipinski definition) is 1. The Hall–Kier alpha value is -1.95. The first-order valence-corrected chi connectivity index (χ1v) is 10.4. The number of hydrogen-bond acceptors (Lipinski definition) is 5. The van der Waals surface area contributed by atoms with Crippen LogP contribution in [0.25, 0.3) is 0 Å². The second kappa shape index (κ2) is 8.19. The quantitative estimate of drug-likeness (QED) is 0.882. The molecule has 1 N–H and O–H groups in total. The molecule has 1 aromatic carbocycles. The minimum Gasteiger partial charge on any atom is -0.383 e. The van der Waals surface area contributed by atoms with Crippen LogP contribution >= 0.6 is 0 Å². The van der Waals surface area contributed by atoms with Crippen molar-refractivity contribution in [3.63, 3.8) is 0 Å². The molecule has 2 saturated heterocycles. The van der Waals surface area contributed by atoms with Crippen LogP contribution in [0.5, 0.6) is 0 Å². The summed E-state index contributed by atoms with van der Waals surface area (Å²) < 4.78 is 5.57. The number of morpholine rings is 1. The second-order valence-corrected chi connectivity index (χ2v) is 8.23. The van der Waals surface area contributed by atoms with Gasteiger partial charge < -0.3 is 14.7 Å². The zero-order valence-electron chi connectivity index (χ0n) is 16.9. The highest BCUT2D eigenvalue weighted by Crippen LogP contribution is 2.37. The number of pyridine rings is 1. The number of ether oxygens (including phenoxy) is 1. The summed E-state index contributed by atoms with van der Waals surface area (Å²) in [6.07, 6.45) is 0.687. The van der Waals surface area contributed by atoms with E-state index >= 15 is 0 Å². The van der Waals surface area contributed by atoms with E-state index in [1.165, 1.54) is 0 Å². The number of anilines is 1. The lowest BCUT2D eigenvalue weighted by Gasteiger charge is -2.50. The second-order valence-electron chi connectivity index (χ2n) is 8.23. The molecule has 5 nitrogen and oxygen atoms in total. The fourth-order valence-electron chi connectivity index (χ4n) is 4.44. The van der Waals surface area contributed by atoms with Gasteiger partial charge in [0.1, 0.15) is 11.4 Å². The van der Waals surface area contributed by atoms with E-state index in [2.05, 4.69) is 54.0 Å². The highest BCUT2D eigenvalue weighted by molar-refractivity contribution is 5.42. The van der Waals surface area contributed by atoms with Crippen LogP contribution < -0.4 is 4.90 Å². The first kappa shape index (κ1) is 19.4. The van der Waals surface area contributed by atoms with E-state index < -0.39 is 5.60 Å². The molecule has 0 unspecified atom stereocenters. The van der Waals surface area contributed by atoms with Crippen molar-refractivity contribution < 1.29 is 9.84 Å². The first-order valence-electron chi connectivity index (χ1n) is 10.4. The Kier molecular flexibility index (Phi) is 5.67. The van der Waals surface area contributed by atoms with Crippen LogP contribution in [0, 0.1) is 0 Å². The van der Waals surface area contributed by atoms with Gasteiger partial charge in [0.2, 0.25) is 0 Å². The van der Waals surface area contributed by atoms with Crippen LogP contribution in [0.2, 0.25) is 0 Å². The topological polar surface area (TPSA) is 48.8 Å². The van der Waals surface area contributed by atoms with Crippen molar-refractivity contribution in [1.82, 2.24) is 9.88 Å². The molecule has 0 bridgehead atoms. The summed E-state index contributed by atoms with van der Waals surface area (Å²) >= 11 is 0. The van der Waals surface area contributed by atoms with Gasteiger partial charge in [-0.3, -0.25) is 4.90 Å². The minimum atomic E-state index is -0.856. The van der Waals surface area contributed by atoms with Crippen LogP contribution in [0.1, 0.15) is 37.4 Å². The van der Waals surface area contributed by atoms with Gasteiger partial charge in [-0.2, -0.15) is 0 Å². The average Bonchev–Trinajstić information content (AvgIpc) is 2.75. The molecule has 4 rings (SSSR count).